The van der Waals surface area contributed by atoms with Gasteiger partial charge >= 0.3 is 0 Å². The molecule has 2 fully saturated rings. The third kappa shape index (κ3) is 4.09. The van der Waals surface area contributed by atoms with Gasteiger partial charge in [0.2, 0.25) is 0 Å². The number of thioether (sulfide) groups is 1. The third-order valence-corrected chi connectivity index (χ3v) is 6.65. The smallest absolute Gasteiger partial charge is 0.169 e. The number of piperazine rings is 1. The summed E-state index contributed by atoms with van der Waals surface area (Å²) in [7, 11) is 0. The highest BCUT2D eigenvalue weighted by Crippen LogP contribution is 2.23. The molecular weight excluding hydrogens is 300 g/mol. The molecular formula is C16H24N2OS2. The Morgan fingerprint density at radius 1 is 1.24 bits per heavy atom. The molecule has 0 saturated carbocycles. The molecule has 0 atom stereocenters. The van der Waals surface area contributed by atoms with Crippen LogP contribution in [0.1, 0.15) is 35.0 Å². The minimum absolute atomic E-state index is 0.186. The Labute approximate surface area is 135 Å². The molecule has 0 radical (unpaired) electrons. The number of carbonyl (C=O) groups is 1. The largest absolute Gasteiger partial charge is 0.298 e. The van der Waals surface area contributed by atoms with Crippen molar-refractivity contribution in [2.24, 2.45) is 0 Å². The normalized spacial score (nSPS) is 22.5. The van der Waals surface area contributed by atoms with Gasteiger partial charge in [-0.3, -0.25) is 14.6 Å². The van der Waals surface area contributed by atoms with Crippen LogP contribution in [-0.2, 0) is 6.54 Å². The van der Waals surface area contributed by atoms with Crippen LogP contribution in [0.25, 0.3) is 0 Å². The average Bonchev–Trinajstić information content (AvgIpc) is 2.98. The number of hydrogen-bond donors (Lipinski definition) is 0. The van der Waals surface area contributed by atoms with Crippen molar-refractivity contribution in [2.45, 2.75) is 32.4 Å². The lowest BCUT2D eigenvalue weighted by Crippen LogP contribution is -2.50. The second-order valence-electron chi connectivity index (χ2n) is 6.03. The van der Waals surface area contributed by atoms with Crippen LogP contribution in [0.4, 0.5) is 0 Å². The van der Waals surface area contributed by atoms with Crippen LogP contribution in [0.2, 0.25) is 0 Å². The van der Waals surface area contributed by atoms with E-state index in [0.717, 1.165) is 30.6 Å². The average molecular weight is 325 g/mol. The van der Waals surface area contributed by atoms with Gasteiger partial charge in [0.25, 0.3) is 0 Å². The van der Waals surface area contributed by atoms with Crippen LogP contribution in [0.3, 0.4) is 0 Å². The maximum absolute atomic E-state index is 11.4. The highest BCUT2D eigenvalue weighted by molar-refractivity contribution is 7.99. The highest BCUT2D eigenvalue weighted by atomic mass is 32.2. The summed E-state index contributed by atoms with van der Waals surface area (Å²) in [5, 5.41) is 2.14. The summed E-state index contributed by atoms with van der Waals surface area (Å²) in [5.41, 5.74) is 1.30. The van der Waals surface area contributed by atoms with E-state index in [1.165, 1.54) is 43.0 Å². The molecule has 2 saturated heterocycles. The van der Waals surface area contributed by atoms with Crippen molar-refractivity contribution in [3.05, 3.63) is 21.9 Å². The quantitative estimate of drug-likeness (QED) is 0.795. The van der Waals surface area contributed by atoms with Crippen molar-refractivity contribution in [2.75, 3.05) is 37.7 Å². The maximum atomic E-state index is 11.4. The molecule has 0 N–H and O–H groups in total. The molecule has 3 rings (SSSR count). The minimum Gasteiger partial charge on any atom is -0.298 e. The van der Waals surface area contributed by atoms with E-state index in [9.17, 15) is 4.79 Å². The summed E-state index contributed by atoms with van der Waals surface area (Å²) in [6.45, 7) is 7.39. The molecule has 0 bridgehead atoms. The van der Waals surface area contributed by atoms with Crippen LogP contribution in [0.5, 0.6) is 0 Å². The van der Waals surface area contributed by atoms with Crippen LogP contribution >= 0.6 is 23.1 Å². The summed E-state index contributed by atoms with van der Waals surface area (Å²) in [5.74, 6) is 2.87. The zero-order valence-corrected chi connectivity index (χ0v) is 14.3. The monoisotopic (exact) mass is 324 g/mol. The Morgan fingerprint density at radius 3 is 2.57 bits per heavy atom. The van der Waals surface area contributed by atoms with Gasteiger partial charge < -0.3 is 0 Å². The van der Waals surface area contributed by atoms with Crippen molar-refractivity contribution in [1.29, 1.82) is 0 Å². The maximum Gasteiger partial charge on any atom is 0.169 e. The zero-order valence-electron chi connectivity index (χ0n) is 12.7. The molecule has 1 aromatic rings. The first-order chi connectivity index (χ1) is 10.2. The molecule has 116 valence electrons. The number of hydrogen-bond acceptors (Lipinski definition) is 5. The molecule has 2 aliphatic rings. The van der Waals surface area contributed by atoms with Gasteiger partial charge in [0, 0.05) is 38.8 Å². The molecule has 0 spiro atoms. The first-order valence-corrected chi connectivity index (χ1v) is 9.88. The van der Waals surface area contributed by atoms with E-state index in [4.69, 9.17) is 0 Å². The standard InChI is InChI=1S/C16H24N2OS2/c1-13(19)16-10-14(12-21-16)11-17-4-6-18(7-5-17)15-2-8-20-9-3-15/h10,12,15H,2-9,11H2,1H3. The Hall–Kier alpha value is -0.360. The fourth-order valence-electron chi connectivity index (χ4n) is 3.24. The van der Waals surface area contributed by atoms with Crippen LogP contribution in [0, 0.1) is 0 Å². The lowest BCUT2D eigenvalue weighted by molar-refractivity contribution is 0.0880. The lowest BCUT2D eigenvalue weighted by atomic mass is 10.1. The number of carbonyl (C=O) groups excluding carboxylic acids is 1. The Balaban J connectivity index is 1.47. The second kappa shape index (κ2) is 7.27. The minimum atomic E-state index is 0.186. The summed E-state index contributed by atoms with van der Waals surface area (Å²) in [6, 6.07) is 2.90. The number of rotatable bonds is 4. The lowest BCUT2D eigenvalue weighted by Gasteiger charge is -2.40. The van der Waals surface area contributed by atoms with Gasteiger partial charge in [0.1, 0.15) is 0 Å². The van der Waals surface area contributed by atoms with Crippen molar-refractivity contribution in [3.8, 4) is 0 Å². The Morgan fingerprint density at radius 2 is 1.95 bits per heavy atom. The molecule has 0 aliphatic carbocycles. The third-order valence-electron chi connectivity index (χ3n) is 4.52. The van der Waals surface area contributed by atoms with E-state index in [0.29, 0.717) is 0 Å². The van der Waals surface area contributed by atoms with E-state index < -0.39 is 0 Å². The fourth-order valence-corrected chi connectivity index (χ4v) is 5.13. The summed E-state index contributed by atoms with van der Waals surface area (Å²) < 4.78 is 0. The zero-order chi connectivity index (χ0) is 14.7. The predicted molar refractivity (Wildman–Crippen MR) is 91.5 cm³/mol. The topological polar surface area (TPSA) is 23.6 Å². The highest BCUT2D eigenvalue weighted by Gasteiger charge is 2.25. The summed E-state index contributed by atoms with van der Waals surface area (Å²) in [4.78, 5) is 17.5. The first kappa shape index (κ1) is 15.5. The van der Waals surface area contributed by atoms with Crippen molar-refractivity contribution in [1.82, 2.24) is 9.80 Å². The van der Waals surface area contributed by atoms with Crippen molar-refractivity contribution >= 4 is 28.9 Å². The van der Waals surface area contributed by atoms with Gasteiger partial charge in [-0.05, 0) is 48.3 Å². The molecule has 21 heavy (non-hydrogen) atoms. The van der Waals surface area contributed by atoms with Crippen molar-refractivity contribution in [3.63, 3.8) is 0 Å². The molecule has 1 aromatic heterocycles. The Bertz CT molecular complexity index is 474. The van der Waals surface area contributed by atoms with E-state index in [1.807, 2.05) is 0 Å². The molecule has 0 unspecified atom stereocenters. The van der Waals surface area contributed by atoms with Gasteiger partial charge in [0.05, 0.1) is 4.88 Å². The molecule has 2 aliphatic heterocycles. The molecule has 0 amide bonds. The van der Waals surface area contributed by atoms with E-state index in [-0.39, 0.29) is 5.78 Å². The summed E-state index contributed by atoms with van der Waals surface area (Å²) in [6.07, 6.45) is 2.74. The molecule has 3 heterocycles. The van der Waals surface area contributed by atoms with E-state index in [2.05, 4.69) is 33.0 Å². The van der Waals surface area contributed by atoms with Gasteiger partial charge in [-0.15, -0.1) is 11.3 Å². The van der Waals surface area contributed by atoms with Crippen molar-refractivity contribution < 1.29 is 4.79 Å². The number of nitrogens with zero attached hydrogens (tertiary/aromatic N) is 2. The predicted octanol–water partition coefficient (Wildman–Crippen LogP) is 2.96. The number of thiophene rings is 1. The van der Waals surface area contributed by atoms with Crippen LogP contribution in [0.15, 0.2) is 11.4 Å². The fraction of sp³-hybridized carbons (Fsp3) is 0.688. The van der Waals surface area contributed by atoms with Crippen LogP contribution < -0.4 is 0 Å². The molecule has 0 aromatic carbocycles. The van der Waals surface area contributed by atoms with Gasteiger partial charge in [-0.25, -0.2) is 0 Å². The second-order valence-corrected chi connectivity index (χ2v) is 8.17. The SMILES string of the molecule is CC(=O)c1cc(CN2CCN(C3CCSCC3)CC2)cs1. The van der Waals surface area contributed by atoms with Gasteiger partial charge in [-0.2, -0.15) is 11.8 Å². The van der Waals surface area contributed by atoms with E-state index in [1.54, 1.807) is 18.3 Å². The summed E-state index contributed by atoms with van der Waals surface area (Å²) >= 11 is 3.69. The van der Waals surface area contributed by atoms with Crippen LogP contribution in [-0.4, -0.2) is 59.3 Å². The van der Waals surface area contributed by atoms with Gasteiger partial charge in [-0.1, -0.05) is 0 Å². The number of ketones is 1. The molecule has 3 nitrogen and oxygen atoms in total. The Kier molecular flexibility index (Phi) is 5.38. The van der Waals surface area contributed by atoms with Gasteiger partial charge in [0.15, 0.2) is 5.78 Å². The van der Waals surface area contributed by atoms with E-state index >= 15 is 0 Å². The first-order valence-electron chi connectivity index (χ1n) is 7.85. The molecule has 5 heteroatoms. The number of Topliss-reactive ketones (excluding diaryl/α,β-unsaturated/α-hetero) is 1.